The van der Waals surface area contributed by atoms with Gasteiger partial charge in [0, 0.05) is 25.9 Å². The minimum atomic E-state index is -1.01. The summed E-state index contributed by atoms with van der Waals surface area (Å²) in [7, 11) is 1.52. The molecule has 9 heteroatoms. The van der Waals surface area contributed by atoms with E-state index in [4.69, 9.17) is 4.74 Å². The lowest BCUT2D eigenvalue weighted by atomic mass is 10.1. The molecule has 1 heterocycles. The van der Waals surface area contributed by atoms with E-state index >= 15 is 0 Å². The first kappa shape index (κ1) is 21.4. The van der Waals surface area contributed by atoms with E-state index in [0.29, 0.717) is 18.7 Å². The highest BCUT2D eigenvalue weighted by Crippen LogP contribution is 2.27. The van der Waals surface area contributed by atoms with Gasteiger partial charge >= 0.3 is 6.03 Å². The predicted molar refractivity (Wildman–Crippen MR) is 106 cm³/mol. The molecule has 0 unspecified atom stereocenters. The Morgan fingerprint density at radius 3 is 2.23 bits per heavy atom. The Bertz CT molecular complexity index is 919. The van der Waals surface area contributed by atoms with Crippen LogP contribution in [0, 0.1) is 11.6 Å². The number of benzene rings is 2. The van der Waals surface area contributed by atoms with Gasteiger partial charge in [-0.1, -0.05) is 0 Å². The van der Waals surface area contributed by atoms with Crippen LogP contribution in [0.15, 0.2) is 48.5 Å². The Kier molecular flexibility index (Phi) is 6.73. The van der Waals surface area contributed by atoms with Crippen molar-refractivity contribution in [2.45, 2.75) is 18.9 Å². The standard InChI is InChI=1S/C21H21F2N3O4/c1-30-12-2-11-25-18(13-19(27)24-16-7-3-14(22)4-8-16)20(28)26(21(25)29)17-9-5-15(23)6-10-17/h3-10,18H,2,11-13H2,1H3,(H,24,27)/t18-/m1/s1. The smallest absolute Gasteiger partial charge is 0.332 e. The van der Waals surface area contributed by atoms with Gasteiger partial charge in [0.05, 0.1) is 12.1 Å². The van der Waals surface area contributed by atoms with Crippen molar-refractivity contribution in [3.8, 4) is 0 Å². The van der Waals surface area contributed by atoms with Crippen molar-refractivity contribution in [3.05, 3.63) is 60.2 Å². The molecule has 3 rings (SSSR count). The van der Waals surface area contributed by atoms with E-state index in [1.54, 1.807) is 0 Å². The summed E-state index contributed by atoms with van der Waals surface area (Å²) in [6.07, 6.45) is 0.204. The van der Waals surface area contributed by atoms with Crippen molar-refractivity contribution in [2.75, 3.05) is 30.5 Å². The SMILES string of the molecule is COCCCN1C(=O)N(c2ccc(F)cc2)C(=O)[C@H]1CC(=O)Nc1ccc(F)cc1. The summed E-state index contributed by atoms with van der Waals surface area (Å²) in [6.45, 7) is 0.591. The molecular weight excluding hydrogens is 396 g/mol. The maximum absolute atomic E-state index is 13.2. The van der Waals surface area contributed by atoms with E-state index in [1.165, 1.54) is 48.4 Å². The molecule has 1 fully saturated rings. The molecule has 0 saturated carbocycles. The molecule has 1 aliphatic rings. The fourth-order valence-corrected chi connectivity index (χ4v) is 3.22. The van der Waals surface area contributed by atoms with Gasteiger partial charge in [-0.15, -0.1) is 0 Å². The van der Waals surface area contributed by atoms with Crippen LogP contribution >= 0.6 is 0 Å². The third-order valence-corrected chi connectivity index (χ3v) is 4.66. The first-order valence-corrected chi connectivity index (χ1v) is 9.35. The summed E-state index contributed by atoms with van der Waals surface area (Å²) in [5.41, 5.74) is 0.601. The van der Waals surface area contributed by atoms with Crippen molar-refractivity contribution in [3.63, 3.8) is 0 Å². The van der Waals surface area contributed by atoms with Gasteiger partial charge in [0.1, 0.15) is 17.7 Å². The van der Waals surface area contributed by atoms with Crippen LogP contribution in [0.5, 0.6) is 0 Å². The van der Waals surface area contributed by atoms with E-state index in [-0.39, 0.29) is 18.7 Å². The minimum Gasteiger partial charge on any atom is -0.385 e. The maximum Gasteiger partial charge on any atom is 0.332 e. The van der Waals surface area contributed by atoms with Crippen LogP contribution in [0.2, 0.25) is 0 Å². The van der Waals surface area contributed by atoms with Gasteiger partial charge < -0.3 is 15.0 Å². The highest BCUT2D eigenvalue weighted by molar-refractivity contribution is 6.22. The number of urea groups is 1. The van der Waals surface area contributed by atoms with Gasteiger partial charge in [0.15, 0.2) is 0 Å². The monoisotopic (exact) mass is 417 g/mol. The Morgan fingerprint density at radius 2 is 1.63 bits per heavy atom. The second-order valence-corrected chi connectivity index (χ2v) is 6.75. The maximum atomic E-state index is 13.2. The Morgan fingerprint density at radius 1 is 1.03 bits per heavy atom. The van der Waals surface area contributed by atoms with E-state index in [2.05, 4.69) is 5.32 Å². The molecule has 30 heavy (non-hydrogen) atoms. The molecule has 1 N–H and O–H groups in total. The lowest BCUT2D eigenvalue weighted by Gasteiger charge is -2.21. The Labute approximate surface area is 172 Å². The van der Waals surface area contributed by atoms with Gasteiger partial charge in [-0.25, -0.2) is 18.5 Å². The zero-order chi connectivity index (χ0) is 21.7. The first-order valence-electron chi connectivity index (χ1n) is 9.35. The molecule has 158 valence electrons. The number of methoxy groups -OCH3 is 1. The third kappa shape index (κ3) is 4.80. The number of nitrogens with zero attached hydrogens (tertiary/aromatic N) is 2. The average molecular weight is 417 g/mol. The van der Waals surface area contributed by atoms with Crippen LogP contribution in [0.25, 0.3) is 0 Å². The summed E-state index contributed by atoms with van der Waals surface area (Å²) in [5.74, 6) is -2.00. The molecule has 1 aliphatic heterocycles. The second kappa shape index (κ2) is 9.45. The number of anilines is 2. The van der Waals surface area contributed by atoms with Crippen LogP contribution in [0.4, 0.5) is 25.0 Å². The van der Waals surface area contributed by atoms with Crippen LogP contribution in [0.3, 0.4) is 0 Å². The quantitative estimate of drug-likeness (QED) is 0.529. The van der Waals surface area contributed by atoms with Crippen LogP contribution in [-0.2, 0) is 14.3 Å². The molecule has 0 aliphatic carbocycles. The lowest BCUT2D eigenvalue weighted by Crippen LogP contribution is -2.38. The molecule has 2 aromatic carbocycles. The first-order chi connectivity index (χ1) is 14.4. The van der Waals surface area contributed by atoms with Gasteiger partial charge in [-0.05, 0) is 55.0 Å². The fourth-order valence-electron chi connectivity index (χ4n) is 3.22. The summed E-state index contributed by atoms with van der Waals surface area (Å²) in [5, 5.41) is 2.59. The summed E-state index contributed by atoms with van der Waals surface area (Å²) in [6, 6.07) is 8.58. The number of rotatable bonds is 8. The summed E-state index contributed by atoms with van der Waals surface area (Å²) in [4.78, 5) is 40.6. The van der Waals surface area contributed by atoms with Gasteiger partial charge in [0.25, 0.3) is 5.91 Å². The summed E-state index contributed by atoms with van der Waals surface area (Å²) >= 11 is 0. The highest BCUT2D eigenvalue weighted by atomic mass is 19.1. The molecular formula is C21H21F2N3O4. The zero-order valence-corrected chi connectivity index (χ0v) is 16.3. The Hall–Kier alpha value is -3.33. The average Bonchev–Trinajstić information content (AvgIpc) is 2.94. The zero-order valence-electron chi connectivity index (χ0n) is 16.3. The number of halogens is 2. The normalized spacial score (nSPS) is 16.3. The lowest BCUT2D eigenvalue weighted by molar-refractivity contribution is -0.124. The van der Waals surface area contributed by atoms with Crippen LogP contribution < -0.4 is 10.2 Å². The van der Waals surface area contributed by atoms with Gasteiger partial charge in [-0.2, -0.15) is 0 Å². The second-order valence-electron chi connectivity index (χ2n) is 6.75. The van der Waals surface area contributed by atoms with Crippen molar-refractivity contribution in [1.82, 2.24) is 4.90 Å². The Balaban J connectivity index is 1.78. The third-order valence-electron chi connectivity index (χ3n) is 4.66. The highest BCUT2D eigenvalue weighted by Gasteiger charge is 2.46. The predicted octanol–water partition coefficient (Wildman–Crippen LogP) is 3.17. The van der Waals surface area contributed by atoms with E-state index < -0.39 is 35.5 Å². The summed E-state index contributed by atoms with van der Waals surface area (Å²) < 4.78 is 31.3. The number of hydrogen-bond donors (Lipinski definition) is 1. The van der Waals surface area contributed by atoms with E-state index in [0.717, 1.165) is 17.0 Å². The van der Waals surface area contributed by atoms with Crippen LogP contribution in [-0.4, -0.2) is 49.0 Å². The minimum absolute atomic E-state index is 0.213. The number of hydrogen-bond acceptors (Lipinski definition) is 4. The van der Waals surface area contributed by atoms with Crippen molar-refractivity contribution >= 4 is 29.2 Å². The number of imide groups is 1. The topological polar surface area (TPSA) is 79.0 Å². The largest absolute Gasteiger partial charge is 0.385 e. The molecule has 4 amide bonds. The van der Waals surface area contributed by atoms with Crippen molar-refractivity contribution in [1.29, 1.82) is 0 Å². The van der Waals surface area contributed by atoms with Crippen molar-refractivity contribution in [2.24, 2.45) is 0 Å². The molecule has 2 aromatic rings. The number of nitrogens with one attached hydrogen (secondary N) is 1. The molecule has 0 radical (unpaired) electrons. The number of carbonyl (C=O) groups is 3. The van der Waals surface area contributed by atoms with E-state index in [9.17, 15) is 23.2 Å². The number of amides is 4. The molecule has 0 spiro atoms. The molecule has 7 nitrogen and oxygen atoms in total. The van der Waals surface area contributed by atoms with E-state index in [1.807, 2.05) is 0 Å². The molecule has 1 saturated heterocycles. The van der Waals surface area contributed by atoms with Crippen LogP contribution in [0.1, 0.15) is 12.8 Å². The number of carbonyl (C=O) groups excluding carboxylic acids is 3. The molecule has 0 aromatic heterocycles. The molecule has 0 bridgehead atoms. The van der Waals surface area contributed by atoms with Gasteiger partial charge in [-0.3, -0.25) is 9.59 Å². The van der Waals surface area contributed by atoms with Gasteiger partial charge in [0.2, 0.25) is 5.91 Å². The number of ether oxygens (including phenoxy) is 1. The fraction of sp³-hybridized carbons (Fsp3) is 0.286. The molecule has 1 atom stereocenters. The van der Waals surface area contributed by atoms with Crippen molar-refractivity contribution < 1.29 is 27.9 Å².